The van der Waals surface area contributed by atoms with E-state index in [1.165, 1.54) is 12.1 Å². The summed E-state index contributed by atoms with van der Waals surface area (Å²) in [5, 5.41) is 9.54. The van der Waals surface area contributed by atoms with Crippen LogP contribution in [-0.4, -0.2) is 35.1 Å². The topological polar surface area (TPSA) is 40.5 Å². The summed E-state index contributed by atoms with van der Waals surface area (Å²) in [5.41, 5.74) is 1.03. The number of aliphatic hydroxyl groups excluding tert-OH is 1. The Bertz CT molecular complexity index is 465. The van der Waals surface area contributed by atoms with E-state index in [0.717, 1.165) is 12.8 Å². The molecule has 0 bridgehead atoms. The summed E-state index contributed by atoms with van der Waals surface area (Å²) in [7, 11) is 0. The minimum absolute atomic E-state index is 0.0489. The lowest BCUT2D eigenvalue weighted by Crippen LogP contribution is -2.40. The molecule has 1 aromatic carbocycles. The average molecular weight is 265 g/mol. The minimum atomic E-state index is -0.315. The Labute approximate surface area is 113 Å². The van der Waals surface area contributed by atoms with Crippen LogP contribution in [0, 0.1) is 18.7 Å². The van der Waals surface area contributed by atoms with Gasteiger partial charge >= 0.3 is 0 Å². The molecule has 1 fully saturated rings. The second-order valence-electron chi connectivity index (χ2n) is 5.33. The Morgan fingerprint density at radius 3 is 2.58 bits per heavy atom. The zero-order valence-electron chi connectivity index (χ0n) is 11.4. The summed E-state index contributed by atoms with van der Waals surface area (Å²) in [6.07, 6.45) is 1.33. The summed E-state index contributed by atoms with van der Waals surface area (Å²) in [4.78, 5) is 14.1. The molecule has 1 unspecified atom stereocenters. The molecular formula is C15H20FNO2. The van der Waals surface area contributed by atoms with Gasteiger partial charge in [-0.25, -0.2) is 4.39 Å². The third kappa shape index (κ3) is 3.13. The summed E-state index contributed by atoms with van der Waals surface area (Å²) >= 11 is 0. The molecule has 1 atom stereocenters. The van der Waals surface area contributed by atoms with Gasteiger partial charge in [0.15, 0.2) is 0 Å². The van der Waals surface area contributed by atoms with Crippen LogP contribution in [0.25, 0.3) is 0 Å². The molecule has 0 saturated carbocycles. The molecule has 1 aliphatic heterocycles. The Kier molecular flexibility index (Phi) is 4.20. The van der Waals surface area contributed by atoms with Gasteiger partial charge in [-0.15, -0.1) is 0 Å². The van der Waals surface area contributed by atoms with E-state index in [0.29, 0.717) is 24.2 Å². The van der Waals surface area contributed by atoms with Crippen LogP contribution in [0.2, 0.25) is 0 Å². The fourth-order valence-electron chi connectivity index (χ4n) is 2.55. The summed E-state index contributed by atoms with van der Waals surface area (Å²) < 4.78 is 13.2. The second-order valence-corrected chi connectivity index (χ2v) is 5.33. The standard InChI is InChI=1S/C15H20FNO2/c1-10-9-13(3-4-14(10)16)15(19)17-7-5-12(6-8-17)11(2)18/h3-4,9,11-12,18H,5-8H2,1-2H3. The first kappa shape index (κ1) is 14.0. The van der Waals surface area contributed by atoms with Crippen molar-refractivity contribution in [1.82, 2.24) is 4.90 Å². The van der Waals surface area contributed by atoms with Crippen molar-refractivity contribution >= 4 is 5.91 Å². The maximum absolute atomic E-state index is 13.2. The van der Waals surface area contributed by atoms with Gasteiger partial charge in [-0.1, -0.05) is 0 Å². The molecule has 3 nitrogen and oxygen atoms in total. The third-order valence-corrected chi connectivity index (χ3v) is 3.91. The average Bonchev–Trinajstić information content (AvgIpc) is 2.41. The van der Waals surface area contributed by atoms with Crippen LogP contribution < -0.4 is 0 Å². The van der Waals surface area contributed by atoms with Crippen LogP contribution >= 0.6 is 0 Å². The molecule has 19 heavy (non-hydrogen) atoms. The second kappa shape index (κ2) is 5.70. The SMILES string of the molecule is Cc1cc(C(=O)N2CCC(C(C)O)CC2)ccc1F. The van der Waals surface area contributed by atoms with Crippen molar-refractivity contribution in [2.45, 2.75) is 32.8 Å². The van der Waals surface area contributed by atoms with E-state index in [-0.39, 0.29) is 23.7 Å². The number of carbonyl (C=O) groups excluding carboxylic acids is 1. The molecule has 0 radical (unpaired) electrons. The van der Waals surface area contributed by atoms with E-state index in [1.54, 1.807) is 24.8 Å². The predicted molar refractivity (Wildman–Crippen MR) is 71.4 cm³/mol. The normalized spacial score (nSPS) is 18.4. The Balaban J connectivity index is 2.03. The van der Waals surface area contributed by atoms with Crippen LogP contribution in [0.3, 0.4) is 0 Å². The number of likely N-dealkylation sites (tertiary alicyclic amines) is 1. The molecule has 1 amide bonds. The van der Waals surface area contributed by atoms with Crippen molar-refractivity contribution < 1.29 is 14.3 Å². The zero-order chi connectivity index (χ0) is 14.0. The van der Waals surface area contributed by atoms with Crippen LogP contribution in [-0.2, 0) is 0 Å². The molecule has 0 aromatic heterocycles. The summed E-state index contributed by atoms with van der Waals surface area (Å²) in [6.45, 7) is 4.77. The highest BCUT2D eigenvalue weighted by Crippen LogP contribution is 2.22. The van der Waals surface area contributed by atoms with Crippen molar-refractivity contribution in [2.24, 2.45) is 5.92 Å². The number of carbonyl (C=O) groups is 1. The molecule has 1 aromatic rings. The van der Waals surface area contributed by atoms with E-state index in [4.69, 9.17) is 0 Å². The molecule has 4 heteroatoms. The Morgan fingerprint density at radius 1 is 1.42 bits per heavy atom. The van der Waals surface area contributed by atoms with Crippen LogP contribution in [0.4, 0.5) is 4.39 Å². The first-order valence-corrected chi connectivity index (χ1v) is 6.72. The van der Waals surface area contributed by atoms with Crippen molar-refractivity contribution in [3.8, 4) is 0 Å². The van der Waals surface area contributed by atoms with E-state index in [9.17, 15) is 14.3 Å². The molecule has 104 valence electrons. The van der Waals surface area contributed by atoms with Gasteiger partial charge in [0.1, 0.15) is 5.82 Å². The predicted octanol–water partition coefficient (Wildman–Crippen LogP) is 2.37. The van der Waals surface area contributed by atoms with Gasteiger partial charge in [-0.3, -0.25) is 4.79 Å². The number of halogens is 1. The van der Waals surface area contributed by atoms with E-state index >= 15 is 0 Å². The maximum atomic E-state index is 13.2. The van der Waals surface area contributed by atoms with Crippen LogP contribution in [0.5, 0.6) is 0 Å². The van der Waals surface area contributed by atoms with Gasteiger partial charge in [0.05, 0.1) is 6.10 Å². The first-order chi connectivity index (χ1) is 8.99. The van der Waals surface area contributed by atoms with Gasteiger partial charge < -0.3 is 10.0 Å². The summed E-state index contributed by atoms with van der Waals surface area (Å²) in [5.74, 6) is -0.0597. The lowest BCUT2D eigenvalue weighted by Gasteiger charge is -2.33. The number of aryl methyl sites for hydroxylation is 1. The van der Waals surface area contributed by atoms with Gasteiger partial charge in [-0.05, 0) is 56.4 Å². The number of nitrogens with zero attached hydrogens (tertiary/aromatic N) is 1. The first-order valence-electron chi connectivity index (χ1n) is 6.72. The summed E-state index contributed by atoms with van der Waals surface area (Å²) in [6, 6.07) is 4.47. The van der Waals surface area contributed by atoms with Gasteiger partial charge in [0, 0.05) is 18.7 Å². The molecular weight excluding hydrogens is 245 g/mol. The molecule has 1 heterocycles. The van der Waals surface area contributed by atoms with E-state index in [1.807, 2.05) is 0 Å². The molecule has 0 aliphatic carbocycles. The maximum Gasteiger partial charge on any atom is 0.253 e. The van der Waals surface area contributed by atoms with Crippen molar-refractivity contribution in [3.63, 3.8) is 0 Å². The third-order valence-electron chi connectivity index (χ3n) is 3.91. The highest BCUT2D eigenvalue weighted by Gasteiger charge is 2.26. The lowest BCUT2D eigenvalue weighted by molar-refractivity contribution is 0.0521. The highest BCUT2D eigenvalue weighted by atomic mass is 19.1. The van der Waals surface area contributed by atoms with Gasteiger partial charge in [0.2, 0.25) is 0 Å². The number of benzene rings is 1. The monoisotopic (exact) mass is 265 g/mol. The van der Waals surface area contributed by atoms with Crippen molar-refractivity contribution in [1.29, 1.82) is 0 Å². The number of hydrogen-bond acceptors (Lipinski definition) is 2. The van der Waals surface area contributed by atoms with Gasteiger partial charge in [-0.2, -0.15) is 0 Å². The molecule has 1 N–H and O–H groups in total. The van der Waals surface area contributed by atoms with Crippen LogP contribution in [0.1, 0.15) is 35.7 Å². The number of hydrogen-bond donors (Lipinski definition) is 1. The molecule has 1 aliphatic rings. The smallest absolute Gasteiger partial charge is 0.253 e. The molecule has 2 rings (SSSR count). The largest absolute Gasteiger partial charge is 0.393 e. The van der Waals surface area contributed by atoms with Crippen molar-refractivity contribution in [3.05, 3.63) is 35.1 Å². The quantitative estimate of drug-likeness (QED) is 0.891. The van der Waals surface area contributed by atoms with E-state index in [2.05, 4.69) is 0 Å². The number of amides is 1. The van der Waals surface area contributed by atoms with Crippen molar-refractivity contribution in [2.75, 3.05) is 13.1 Å². The Hall–Kier alpha value is -1.42. The van der Waals surface area contributed by atoms with Gasteiger partial charge in [0.25, 0.3) is 5.91 Å². The van der Waals surface area contributed by atoms with E-state index < -0.39 is 0 Å². The fraction of sp³-hybridized carbons (Fsp3) is 0.533. The highest BCUT2D eigenvalue weighted by molar-refractivity contribution is 5.94. The Morgan fingerprint density at radius 2 is 2.05 bits per heavy atom. The van der Waals surface area contributed by atoms with Crippen LogP contribution in [0.15, 0.2) is 18.2 Å². The lowest BCUT2D eigenvalue weighted by atomic mass is 9.92. The molecule has 1 saturated heterocycles. The fourth-order valence-corrected chi connectivity index (χ4v) is 2.55. The number of rotatable bonds is 2. The zero-order valence-corrected chi connectivity index (χ0v) is 11.4. The minimum Gasteiger partial charge on any atom is -0.393 e. The molecule has 0 spiro atoms. The number of aliphatic hydroxyl groups is 1. The number of piperidine rings is 1.